The molecule has 2 rings (SSSR count). The number of piperazine rings is 1. The number of hydrogen-bond acceptors (Lipinski definition) is 6. The SMILES string of the molecule is CC1(C)C(=O)NC(=O)CN1C(=O)Cn1cc(CN)nn1. The van der Waals surface area contributed by atoms with Crippen molar-refractivity contribution in [3.05, 3.63) is 11.9 Å². The third-order valence-corrected chi connectivity index (χ3v) is 3.18. The Balaban J connectivity index is 2.14. The minimum absolute atomic E-state index is 0.100. The smallest absolute Gasteiger partial charge is 0.252 e. The Morgan fingerprint density at radius 2 is 2.20 bits per heavy atom. The molecule has 0 radical (unpaired) electrons. The summed E-state index contributed by atoms with van der Waals surface area (Å²) in [6.45, 7) is 3.13. The van der Waals surface area contributed by atoms with Crippen LogP contribution in [0, 0.1) is 0 Å². The fourth-order valence-corrected chi connectivity index (χ4v) is 1.92. The molecule has 3 amide bonds. The van der Waals surface area contributed by atoms with E-state index in [1.165, 1.54) is 9.58 Å². The van der Waals surface area contributed by atoms with Gasteiger partial charge in [-0.05, 0) is 13.8 Å². The zero-order chi connectivity index (χ0) is 14.9. The van der Waals surface area contributed by atoms with E-state index in [1.54, 1.807) is 20.0 Å². The second-order valence-corrected chi connectivity index (χ2v) is 5.03. The van der Waals surface area contributed by atoms with Gasteiger partial charge >= 0.3 is 0 Å². The van der Waals surface area contributed by atoms with Gasteiger partial charge in [0.05, 0.1) is 11.9 Å². The number of nitrogens with one attached hydrogen (secondary N) is 1. The molecular weight excluding hydrogens is 264 g/mol. The summed E-state index contributed by atoms with van der Waals surface area (Å²) in [5, 5.41) is 9.74. The Kier molecular flexibility index (Phi) is 3.53. The van der Waals surface area contributed by atoms with Gasteiger partial charge in [0.1, 0.15) is 18.6 Å². The van der Waals surface area contributed by atoms with Gasteiger partial charge in [0.2, 0.25) is 11.8 Å². The first-order chi connectivity index (χ1) is 9.34. The van der Waals surface area contributed by atoms with E-state index in [-0.39, 0.29) is 25.5 Å². The number of amides is 3. The average Bonchev–Trinajstić information content (AvgIpc) is 2.81. The second-order valence-electron chi connectivity index (χ2n) is 5.03. The molecule has 0 aliphatic carbocycles. The van der Waals surface area contributed by atoms with Crippen molar-refractivity contribution in [2.24, 2.45) is 5.73 Å². The third-order valence-electron chi connectivity index (χ3n) is 3.18. The Bertz CT molecular complexity index is 564. The number of imide groups is 1. The summed E-state index contributed by atoms with van der Waals surface area (Å²) < 4.78 is 1.33. The van der Waals surface area contributed by atoms with E-state index in [2.05, 4.69) is 15.6 Å². The number of aromatic nitrogens is 3. The minimum atomic E-state index is -1.08. The van der Waals surface area contributed by atoms with Crippen molar-refractivity contribution >= 4 is 17.7 Å². The highest BCUT2D eigenvalue weighted by molar-refractivity contribution is 6.06. The summed E-state index contributed by atoms with van der Waals surface area (Å²) >= 11 is 0. The number of nitrogens with two attached hydrogens (primary N) is 1. The number of rotatable bonds is 3. The Morgan fingerprint density at radius 3 is 2.80 bits per heavy atom. The fourth-order valence-electron chi connectivity index (χ4n) is 1.92. The highest BCUT2D eigenvalue weighted by Crippen LogP contribution is 2.18. The number of nitrogens with zero attached hydrogens (tertiary/aromatic N) is 4. The van der Waals surface area contributed by atoms with Crippen molar-refractivity contribution in [1.82, 2.24) is 25.2 Å². The van der Waals surface area contributed by atoms with Gasteiger partial charge in [-0.25, -0.2) is 4.68 Å². The van der Waals surface area contributed by atoms with E-state index < -0.39 is 17.4 Å². The molecule has 1 aromatic heterocycles. The van der Waals surface area contributed by atoms with Gasteiger partial charge in [-0.15, -0.1) is 5.10 Å². The molecule has 3 N–H and O–H groups in total. The first kappa shape index (κ1) is 14.1. The molecule has 0 bridgehead atoms. The Morgan fingerprint density at radius 1 is 1.50 bits per heavy atom. The first-order valence-electron chi connectivity index (χ1n) is 6.08. The third kappa shape index (κ3) is 2.52. The lowest BCUT2D eigenvalue weighted by molar-refractivity contribution is -0.156. The molecule has 0 atom stereocenters. The van der Waals surface area contributed by atoms with Crippen molar-refractivity contribution in [2.75, 3.05) is 6.54 Å². The van der Waals surface area contributed by atoms with Crippen LogP contribution >= 0.6 is 0 Å². The minimum Gasteiger partial charge on any atom is -0.325 e. The summed E-state index contributed by atoms with van der Waals surface area (Å²) in [4.78, 5) is 36.6. The largest absolute Gasteiger partial charge is 0.325 e. The van der Waals surface area contributed by atoms with Gasteiger partial charge in [-0.2, -0.15) is 0 Å². The molecule has 9 nitrogen and oxygen atoms in total. The van der Waals surface area contributed by atoms with Gasteiger partial charge < -0.3 is 10.6 Å². The second kappa shape index (κ2) is 5.00. The molecule has 20 heavy (non-hydrogen) atoms. The molecule has 2 heterocycles. The monoisotopic (exact) mass is 280 g/mol. The van der Waals surface area contributed by atoms with Crippen LogP contribution in [0.4, 0.5) is 0 Å². The van der Waals surface area contributed by atoms with E-state index in [9.17, 15) is 14.4 Å². The van der Waals surface area contributed by atoms with Crippen LogP contribution in [0.1, 0.15) is 19.5 Å². The Labute approximate surface area is 115 Å². The Hall–Kier alpha value is -2.29. The maximum atomic E-state index is 12.2. The topological polar surface area (TPSA) is 123 Å². The lowest BCUT2D eigenvalue weighted by atomic mass is 9.98. The van der Waals surface area contributed by atoms with Crippen LogP contribution < -0.4 is 11.1 Å². The van der Waals surface area contributed by atoms with Gasteiger partial charge in [0.25, 0.3) is 5.91 Å². The molecule has 0 saturated carbocycles. The number of hydrogen-bond donors (Lipinski definition) is 2. The van der Waals surface area contributed by atoms with Crippen molar-refractivity contribution in [3.8, 4) is 0 Å². The molecule has 1 saturated heterocycles. The quantitative estimate of drug-likeness (QED) is 0.617. The standard InChI is InChI=1S/C11H16N6O3/c1-11(2)10(20)13-8(18)5-17(11)9(19)6-16-4-7(3-12)14-15-16/h4H,3,5-6,12H2,1-2H3,(H,13,18,20). The van der Waals surface area contributed by atoms with Gasteiger partial charge in [0, 0.05) is 6.54 Å². The molecular formula is C11H16N6O3. The average molecular weight is 280 g/mol. The van der Waals surface area contributed by atoms with Gasteiger partial charge in [-0.3, -0.25) is 19.7 Å². The van der Waals surface area contributed by atoms with Crippen molar-refractivity contribution < 1.29 is 14.4 Å². The molecule has 1 aliphatic rings. The molecule has 0 spiro atoms. The van der Waals surface area contributed by atoms with E-state index >= 15 is 0 Å². The van der Waals surface area contributed by atoms with Crippen LogP contribution in [0.3, 0.4) is 0 Å². The van der Waals surface area contributed by atoms with Crippen LogP contribution in [0.25, 0.3) is 0 Å². The predicted octanol–water partition coefficient (Wildman–Crippen LogP) is -2.00. The first-order valence-corrected chi connectivity index (χ1v) is 6.08. The lowest BCUT2D eigenvalue weighted by Crippen LogP contribution is -2.65. The van der Waals surface area contributed by atoms with Crippen molar-refractivity contribution in [1.29, 1.82) is 0 Å². The summed E-state index contributed by atoms with van der Waals surface area (Å²) in [5.41, 5.74) is 4.89. The molecule has 1 aliphatic heterocycles. The van der Waals surface area contributed by atoms with E-state index in [4.69, 9.17) is 5.73 Å². The maximum Gasteiger partial charge on any atom is 0.252 e. The molecule has 0 aromatic carbocycles. The van der Waals surface area contributed by atoms with Crippen LogP contribution in [-0.4, -0.2) is 49.7 Å². The molecule has 0 unspecified atom stereocenters. The number of carbonyl (C=O) groups is 3. The van der Waals surface area contributed by atoms with Gasteiger partial charge in [0.15, 0.2) is 0 Å². The summed E-state index contributed by atoms with van der Waals surface area (Å²) in [6.07, 6.45) is 1.55. The maximum absolute atomic E-state index is 12.2. The molecule has 1 fully saturated rings. The highest BCUT2D eigenvalue weighted by atomic mass is 16.2. The van der Waals surface area contributed by atoms with Crippen LogP contribution in [0.5, 0.6) is 0 Å². The lowest BCUT2D eigenvalue weighted by Gasteiger charge is -2.40. The van der Waals surface area contributed by atoms with Crippen LogP contribution in [0.2, 0.25) is 0 Å². The molecule has 9 heteroatoms. The fraction of sp³-hybridized carbons (Fsp3) is 0.545. The predicted molar refractivity (Wildman–Crippen MR) is 66.9 cm³/mol. The van der Waals surface area contributed by atoms with E-state index in [1.807, 2.05) is 0 Å². The highest BCUT2D eigenvalue weighted by Gasteiger charge is 2.43. The summed E-state index contributed by atoms with van der Waals surface area (Å²) in [6, 6.07) is 0. The van der Waals surface area contributed by atoms with E-state index in [0.29, 0.717) is 5.69 Å². The molecule has 108 valence electrons. The van der Waals surface area contributed by atoms with E-state index in [0.717, 1.165) is 0 Å². The number of carbonyl (C=O) groups excluding carboxylic acids is 3. The summed E-state index contributed by atoms with van der Waals surface area (Å²) in [5.74, 6) is -1.38. The van der Waals surface area contributed by atoms with Crippen LogP contribution in [0.15, 0.2) is 6.20 Å². The van der Waals surface area contributed by atoms with Crippen LogP contribution in [-0.2, 0) is 27.5 Å². The normalized spacial score (nSPS) is 18.1. The summed E-state index contributed by atoms with van der Waals surface area (Å²) in [7, 11) is 0. The molecule has 1 aromatic rings. The zero-order valence-corrected chi connectivity index (χ0v) is 11.3. The van der Waals surface area contributed by atoms with Gasteiger partial charge in [-0.1, -0.05) is 5.21 Å². The van der Waals surface area contributed by atoms with Crippen molar-refractivity contribution in [2.45, 2.75) is 32.5 Å². The van der Waals surface area contributed by atoms with Crippen molar-refractivity contribution in [3.63, 3.8) is 0 Å². The zero-order valence-electron chi connectivity index (χ0n) is 11.3.